The highest BCUT2D eigenvalue weighted by Crippen LogP contribution is 2.30. The molecule has 1 saturated heterocycles. The summed E-state index contributed by atoms with van der Waals surface area (Å²) in [5.41, 5.74) is 0.608. The molecule has 2 rings (SSSR count). The van der Waals surface area contributed by atoms with Crippen molar-refractivity contribution in [2.24, 2.45) is 0 Å². The molecule has 0 radical (unpaired) electrons. The number of hydrogen-bond donors (Lipinski definition) is 0. The summed E-state index contributed by atoms with van der Waals surface area (Å²) in [5, 5.41) is 0.413. The molecule has 1 aromatic rings. The first kappa shape index (κ1) is 12.7. The number of aromatic nitrogens is 1. The number of rotatable bonds is 1. The Morgan fingerprint density at radius 3 is 2.88 bits per heavy atom. The van der Waals surface area contributed by atoms with Gasteiger partial charge in [0.25, 0.3) is 5.91 Å². The zero-order valence-corrected chi connectivity index (χ0v) is 11.5. The van der Waals surface area contributed by atoms with E-state index in [0.29, 0.717) is 10.7 Å². The van der Waals surface area contributed by atoms with Crippen LogP contribution in [0.15, 0.2) is 18.3 Å². The third kappa shape index (κ3) is 3.13. The van der Waals surface area contributed by atoms with E-state index in [-0.39, 0.29) is 10.7 Å². The molecule has 1 amide bonds. The molecule has 0 bridgehead atoms. The molecule has 17 heavy (non-hydrogen) atoms. The van der Waals surface area contributed by atoms with Gasteiger partial charge in [-0.05, 0) is 26.0 Å². The summed E-state index contributed by atoms with van der Waals surface area (Å²) in [5.74, 6) is 1.03. The second-order valence-corrected chi connectivity index (χ2v) is 6.89. The third-order valence-electron chi connectivity index (χ3n) is 2.69. The number of thioether (sulfide) groups is 1. The predicted molar refractivity (Wildman–Crippen MR) is 71.7 cm³/mol. The average Bonchev–Trinajstić information content (AvgIpc) is 2.28. The van der Waals surface area contributed by atoms with Crippen molar-refractivity contribution in [3.8, 4) is 0 Å². The first-order valence-corrected chi connectivity index (χ1v) is 6.89. The quantitative estimate of drug-likeness (QED) is 0.736. The Morgan fingerprint density at radius 1 is 1.53 bits per heavy atom. The second kappa shape index (κ2) is 4.86. The van der Waals surface area contributed by atoms with E-state index in [1.807, 2.05) is 16.7 Å². The van der Waals surface area contributed by atoms with Gasteiger partial charge in [-0.1, -0.05) is 11.6 Å². The summed E-state index contributed by atoms with van der Waals surface area (Å²) in [4.78, 5) is 18.1. The van der Waals surface area contributed by atoms with Gasteiger partial charge in [-0.15, -0.1) is 0 Å². The van der Waals surface area contributed by atoms with E-state index in [0.717, 1.165) is 18.8 Å². The summed E-state index contributed by atoms with van der Waals surface area (Å²) in [6.45, 7) is 5.91. The second-order valence-electron chi connectivity index (χ2n) is 4.70. The van der Waals surface area contributed by atoms with Gasteiger partial charge in [-0.25, -0.2) is 4.98 Å². The number of carbonyl (C=O) groups excluding carboxylic acids is 1. The van der Waals surface area contributed by atoms with Gasteiger partial charge < -0.3 is 4.90 Å². The number of pyridine rings is 1. The van der Waals surface area contributed by atoms with Gasteiger partial charge in [0.2, 0.25) is 0 Å². The van der Waals surface area contributed by atoms with Crippen molar-refractivity contribution < 1.29 is 4.79 Å². The van der Waals surface area contributed by atoms with Crippen LogP contribution in [0.2, 0.25) is 5.15 Å². The highest BCUT2D eigenvalue weighted by atomic mass is 35.5. The Morgan fingerprint density at radius 2 is 2.29 bits per heavy atom. The maximum atomic E-state index is 12.2. The molecule has 0 aliphatic carbocycles. The van der Waals surface area contributed by atoms with Crippen LogP contribution in [0.5, 0.6) is 0 Å². The number of carbonyl (C=O) groups is 1. The molecule has 1 aliphatic heterocycles. The zero-order chi connectivity index (χ0) is 12.5. The highest BCUT2D eigenvalue weighted by molar-refractivity contribution is 8.00. The van der Waals surface area contributed by atoms with Crippen molar-refractivity contribution in [3.05, 3.63) is 29.0 Å². The molecule has 3 nitrogen and oxygen atoms in total. The molecular weight excluding hydrogens is 256 g/mol. The van der Waals surface area contributed by atoms with E-state index in [1.54, 1.807) is 18.3 Å². The van der Waals surface area contributed by atoms with E-state index >= 15 is 0 Å². The maximum Gasteiger partial charge on any atom is 0.255 e. The fourth-order valence-corrected chi connectivity index (χ4v) is 3.10. The lowest BCUT2D eigenvalue weighted by molar-refractivity contribution is 0.0747. The minimum absolute atomic E-state index is 0.0440. The smallest absolute Gasteiger partial charge is 0.255 e. The summed E-state index contributed by atoms with van der Waals surface area (Å²) in [6, 6.07) is 3.38. The standard InChI is InChI=1S/C12H15ClN2OS/c1-12(2)8-15(5-6-17-12)11(16)9-3-4-10(13)14-7-9/h3-4,7H,5-6,8H2,1-2H3. The van der Waals surface area contributed by atoms with Gasteiger partial charge in [0.05, 0.1) is 5.56 Å². The Labute approximate surface area is 111 Å². The van der Waals surface area contributed by atoms with Crippen molar-refractivity contribution in [2.75, 3.05) is 18.8 Å². The highest BCUT2D eigenvalue weighted by Gasteiger charge is 2.30. The van der Waals surface area contributed by atoms with Crippen LogP contribution in [0.25, 0.3) is 0 Å². The summed E-state index contributed by atoms with van der Waals surface area (Å²) in [7, 11) is 0. The molecule has 0 spiro atoms. The van der Waals surface area contributed by atoms with Crippen LogP contribution in [-0.4, -0.2) is 39.4 Å². The van der Waals surface area contributed by atoms with Crippen LogP contribution >= 0.6 is 23.4 Å². The van der Waals surface area contributed by atoms with Crippen LogP contribution in [0.4, 0.5) is 0 Å². The molecule has 0 atom stereocenters. The molecule has 1 aromatic heterocycles. The Kier molecular flexibility index (Phi) is 3.64. The minimum atomic E-state index is 0.0440. The monoisotopic (exact) mass is 270 g/mol. The first-order valence-electron chi connectivity index (χ1n) is 5.53. The molecule has 2 heterocycles. The lowest BCUT2D eigenvalue weighted by Gasteiger charge is -2.37. The topological polar surface area (TPSA) is 33.2 Å². The Bertz CT molecular complexity index is 419. The molecule has 0 unspecified atom stereocenters. The normalized spacial score (nSPS) is 19.1. The molecule has 92 valence electrons. The zero-order valence-electron chi connectivity index (χ0n) is 9.94. The van der Waals surface area contributed by atoms with Gasteiger partial charge in [0, 0.05) is 29.8 Å². The summed E-state index contributed by atoms with van der Waals surface area (Å²) in [6.07, 6.45) is 1.54. The number of hydrogen-bond acceptors (Lipinski definition) is 3. The van der Waals surface area contributed by atoms with Gasteiger partial charge >= 0.3 is 0 Å². The van der Waals surface area contributed by atoms with Crippen molar-refractivity contribution >= 4 is 29.3 Å². The first-order chi connectivity index (χ1) is 7.98. The lowest BCUT2D eigenvalue weighted by atomic mass is 10.1. The van der Waals surface area contributed by atoms with E-state index in [2.05, 4.69) is 18.8 Å². The number of halogens is 1. The number of nitrogens with zero attached hydrogens (tertiary/aromatic N) is 2. The molecule has 1 fully saturated rings. The molecule has 0 aromatic carbocycles. The SMILES string of the molecule is CC1(C)CN(C(=O)c2ccc(Cl)nc2)CCS1. The minimum Gasteiger partial charge on any atom is -0.336 e. The van der Waals surface area contributed by atoms with Crippen LogP contribution in [0, 0.1) is 0 Å². The molecular formula is C12H15ClN2OS. The van der Waals surface area contributed by atoms with Gasteiger partial charge in [0.15, 0.2) is 0 Å². The van der Waals surface area contributed by atoms with Crippen molar-refractivity contribution in [3.63, 3.8) is 0 Å². The van der Waals surface area contributed by atoms with Crippen LogP contribution in [0.1, 0.15) is 24.2 Å². The molecule has 0 N–H and O–H groups in total. The number of amides is 1. The Balaban J connectivity index is 2.12. The van der Waals surface area contributed by atoms with E-state index < -0.39 is 0 Å². The van der Waals surface area contributed by atoms with Crippen LogP contribution in [0.3, 0.4) is 0 Å². The summed E-state index contributed by atoms with van der Waals surface area (Å²) >= 11 is 7.62. The van der Waals surface area contributed by atoms with Gasteiger partial charge in [0.1, 0.15) is 5.15 Å². The van der Waals surface area contributed by atoms with Gasteiger partial charge in [-0.3, -0.25) is 4.79 Å². The van der Waals surface area contributed by atoms with Crippen molar-refractivity contribution in [1.29, 1.82) is 0 Å². The fraction of sp³-hybridized carbons (Fsp3) is 0.500. The fourth-order valence-electron chi connectivity index (χ4n) is 1.87. The molecule has 5 heteroatoms. The summed E-state index contributed by atoms with van der Waals surface area (Å²) < 4.78 is 0.133. The average molecular weight is 271 g/mol. The van der Waals surface area contributed by atoms with Gasteiger partial charge in [-0.2, -0.15) is 11.8 Å². The molecule has 1 aliphatic rings. The van der Waals surface area contributed by atoms with Crippen LogP contribution < -0.4 is 0 Å². The Hall–Kier alpha value is -0.740. The maximum absolute atomic E-state index is 12.2. The predicted octanol–water partition coefficient (Wildman–Crippen LogP) is 2.70. The third-order valence-corrected chi connectivity index (χ3v) is 4.21. The van der Waals surface area contributed by atoms with Crippen LogP contribution in [-0.2, 0) is 0 Å². The van der Waals surface area contributed by atoms with E-state index in [9.17, 15) is 4.79 Å². The lowest BCUT2D eigenvalue weighted by Crippen LogP contribution is -2.46. The molecule has 0 saturated carbocycles. The van der Waals surface area contributed by atoms with Crippen molar-refractivity contribution in [2.45, 2.75) is 18.6 Å². The van der Waals surface area contributed by atoms with E-state index in [1.165, 1.54) is 0 Å². The van der Waals surface area contributed by atoms with E-state index in [4.69, 9.17) is 11.6 Å². The van der Waals surface area contributed by atoms with Crippen molar-refractivity contribution in [1.82, 2.24) is 9.88 Å². The largest absolute Gasteiger partial charge is 0.336 e.